The molecule has 1 heterocycles. The van der Waals surface area contributed by atoms with E-state index < -0.39 is 17.3 Å². The summed E-state index contributed by atoms with van der Waals surface area (Å²) < 4.78 is 46.2. The van der Waals surface area contributed by atoms with Crippen molar-refractivity contribution in [2.24, 2.45) is 0 Å². The van der Waals surface area contributed by atoms with Gasteiger partial charge in [0.2, 0.25) is 0 Å². The van der Waals surface area contributed by atoms with Gasteiger partial charge in [-0.3, -0.25) is 4.90 Å². The van der Waals surface area contributed by atoms with Gasteiger partial charge in [-0.15, -0.1) is 0 Å². The Bertz CT molecular complexity index is 724. The Morgan fingerprint density at radius 1 is 1.07 bits per heavy atom. The van der Waals surface area contributed by atoms with E-state index in [1.807, 2.05) is 20.8 Å². The van der Waals surface area contributed by atoms with Crippen LogP contribution in [-0.2, 0) is 17.5 Å². The molecule has 7 heteroatoms. The van der Waals surface area contributed by atoms with Gasteiger partial charge in [0.25, 0.3) is 0 Å². The number of carbonyl (C=O) groups excluding carboxylic acids is 1. The average Bonchev–Trinajstić information content (AvgIpc) is 3.19. The minimum Gasteiger partial charge on any atom is -0.444 e. The number of likely N-dealkylation sites (tertiary alicyclic amines) is 1. The number of hydrogen-bond donors (Lipinski definition) is 0. The lowest BCUT2D eigenvalue weighted by molar-refractivity contribution is -0.138. The van der Waals surface area contributed by atoms with E-state index in [1.54, 1.807) is 17.0 Å². The molecule has 0 bridgehead atoms. The van der Waals surface area contributed by atoms with Crippen molar-refractivity contribution in [1.29, 1.82) is 0 Å². The fourth-order valence-electron chi connectivity index (χ4n) is 4.64. The molecular formula is C23H33F3N2O2. The number of alkyl halides is 3. The Morgan fingerprint density at radius 3 is 2.33 bits per heavy atom. The van der Waals surface area contributed by atoms with Crippen molar-refractivity contribution in [1.82, 2.24) is 9.80 Å². The van der Waals surface area contributed by atoms with Crippen LogP contribution in [0.4, 0.5) is 18.0 Å². The van der Waals surface area contributed by atoms with E-state index in [1.165, 1.54) is 6.07 Å². The summed E-state index contributed by atoms with van der Waals surface area (Å²) >= 11 is 0. The molecule has 1 aliphatic carbocycles. The predicted octanol–water partition coefficient (Wildman–Crippen LogP) is 5.85. The van der Waals surface area contributed by atoms with Gasteiger partial charge in [-0.25, -0.2) is 4.79 Å². The van der Waals surface area contributed by atoms with Crippen LogP contribution in [-0.4, -0.2) is 46.7 Å². The first kappa shape index (κ1) is 22.9. The van der Waals surface area contributed by atoms with E-state index in [0.717, 1.165) is 44.6 Å². The first-order valence-corrected chi connectivity index (χ1v) is 10.9. The molecule has 1 aromatic rings. The molecule has 2 fully saturated rings. The monoisotopic (exact) mass is 426 g/mol. The Balaban J connectivity index is 1.80. The number of nitrogens with zero attached hydrogens (tertiary/aromatic N) is 2. The topological polar surface area (TPSA) is 32.8 Å². The van der Waals surface area contributed by atoms with E-state index in [2.05, 4.69) is 4.90 Å². The zero-order valence-corrected chi connectivity index (χ0v) is 18.2. The van der Waals surface area contributed by atoms with Crippen molar-refractivity contribution in [3.8, 4) is 0 Å². The maximum Gasteiger partial charge on any atom is 0.416 e. The normalized spacial score (nSPS) is 21.3. The van der Waals surface area contributed by atoms with Gasteiger partial charge in [0.1, 0.15) is 5.60 Å². The second-order valence-electron chi connectivity index (χ2n) is 9.49. The van der Waals surface area contributed by atoms with Crippen LogP contribution >= 0.6 is 0 Å². The molecule has 0 aromatic heterocycles. The van der Waals surface area contributed by atoms with Crippen molar-refractivity contribution >= 4 is 6.09 Å². The molecule has 3 rings (SSSR count). The van der Waals surface area contributed by atoms with E-state index in [-0.39, 0.29) is 24.7 Å². The Labute approximate surface area is 177 Å². The molecule has 0 radical (unpaired) electrons. The van der Waals surface area contributed by atoms with E-state index in [0.29, 0.717) is 18.7 Å². The van der Waals surface area contributed by atoms with Crippen molar-refractivity contribution < 1.29 is 22.7 Å². The van der Waals surface area contributed by atoms with Gasteiger partial charge in [-0.05, 0) is 58.1 Å². The molecule has 30 heavy (non-hydrogen) atoms. The minimum atomic E-state index is -4.37. The highest BCUT2D eigenvalue weighted by Crippen LogP contribution is 2.35. The quantitative estimate of drug-likeness (QED) is 0.605. The predicted molar refractivity (Wildman–Crippen MR) is 110 cm³/mol. The van der Waals surface area contributed by atoms with E-state index >= 15 is 0 Å². The van der Waals surface area contributed by atoms with E-state index in [9.17, 15) is 18.0 Å². The number of ether oxygens (including phenoxy) is 1. The summed E-state index contributed by atoms with van der Waals surface area (Å²) in [5.41, 5.74) is -0.819. The van der Waals surface area contributed by atoms with E-state index in [4.69, 9.17) is 4.74 Å². The summed E-state index contributed by atoms with van der Waals surface area (Å²) in [7, 11) is 0. The summed E-state index contributed by atoms with van der Waals surface area (Å²) in [5.74, 6) is 0. The van der Waals surface area contributed by atoms with Crippen LogP contribution in [0.5, 0.6) is 0 Å². The number of benzene rings is 1. The Morgan fingerprint density at radius 2 is 1.70 bits per heavy atom. The van der Waals surface area contributed by atoms with Crippen LogP contribution in [0.1, 0.15) is 70.4 Å². The molecule has 2 aliphatic rings. The van der Waals surface area contributed by atoms with Crippen LogP contribution < -0.4 is 0 Å². The highest BCUT2D eigenvalue weighted by molar-refractivity contribution is 5.68. The first-order chi connectivity index (χ1) is 14.0. The number of carbonyl (C=O) groups is 1. The molecule has 1 saturated carbocycles. The van der Waals surface area contributed by atoms with Gasteiger partial charge in [0.05, 0.1) is 5.56 Å². The highest BCUT2D eigenvalue weighted by atomic mass is 19.4. The van der Waals surface area contributed by atoms with Crippen molar-refractivity contribution in [3.63, 3.8) is 0 Å². The van der Waals surface area contributed by atoms with Crippen LogP contribution in [0.15, 0.2) is 24.3 Å². The maximum absolute atomic E-state index is 13.6. The lowest BCUT2D eigenvalue weighted by atomic mass is 9.98. The Hall–Kier alpha value is -1.76. The summed E-state index contributed by atoms with van der Waals surface area (Å²) in [6.07, 6.45) is 1.20. The molecule has 1 atom stereocenters. The zero-order chi connectivity index (χ0) is 21.9. The molecule has 1 unspecified atom stereocenters. The summed E-state index contributed by atoms with van der Waals surface area (Å²) in [5, 5.41) is 0. The number of hydrogen-bond acceptors (Lipinski definition) is 3. The average molecular weight is 427 g/mol. The Kier molecular flexibility index (Phi) is 7.00. The van der Waals surface area contributed by atoms with Gasteiger partial charge in [0.15, 0.2) is 0 Å². The van der Waals surface area contributed by atoms with Crippen molar-refractivity contribution in [2.75, 3.05) is 13.1 Å². The third-order valence-electron chi connectivity index (χ3n) is 5.99. The minimum absolute atomic E-state index is 0.0376. The van der Waals surface area contributed by atoms with Gasteiger partial charge in [0, 0.05) is 31.7 Å². The van der Waals surface area contributed by atoms with Crippen LogP contribution in [0.2, 0.25) is 0 Å². The molecule has 4 nitrogen and oxygen atoms in total. The summed E-state index contributed by atoms with van der Waals surface area (Å²) in [6, 6.07) is 6.16. The second-order valence-corrected chi connectivity index (χ2v) is 9.49. The number of piperidine rings is 1. The van der Waals surface area contributed by atoms with Gasteiger partial charge >= 0.3 is 12.3 Å². The summed E-state index contributed by atoms with van der Waals surface area (Å²) in [4.78, 5) is 16.5. The molecule has 1 amide bonds. The van der Waals surface area contributed by atoms with Crippen molar-refractivity contribution in [3.05, 3.63) is 35.4 Å². The smallest absolute Gasteiger partial charge is 0.416 e. The SMILES string of the molecule is CC(C)(C)OC(=O)N1CCCC(N(Cc2ccccc2C(F)(F)F)C2CCCC2)C1. The molecule has 1 aliphatic heterocycles. The third kappa shape index (κ3) is 5.90. The van der Waals surface area contributed by atoms with Crippen LogP contribution in [0, 0.1) is 0 Å². The van der Waals surface area contributed by atoms with Gasteiger partial charge < -0.3 is 9.64 Å². The highest BCUT2D eigenvalue weighted by Gasteiger charge is 2.37. The standard InChI is InChI=1S/C23H33F3N2O2/c1-22(2,3)30-21(29)27-14-8-12-19(16-27)28(18-10-5-6-11-18)15-17-9-4-7-13-20(17)23(24,25)26/h4,7,9,13,18-19H,5-6,8,10-12,14-16H2,1-3H3. The first-order valence-electron chi connectivity index (χ1n) is 10.9. The fraction of sp³-hybridized carbons (Fsp3) is 0.696. The number of halogens is 3. The summed E-state index contributed by atoms with van der Waals surface area (Å²) in [6.45, 7) is 6.90. The fourth-order valence-corrected chi connectivity index (χ4v) is 4.64. The second kappa shape index (κ2) is 9.16. The van der Waals surface area contributed by atoms with Crippen LogP contribution in [0.3, 0.4) is 0 Å². The number of amides is 1. The van der Waals surface area contributed by atoms with Crippen LogP contribution in [0.25, 0.3) is 0 Å². The zero-order valence-electron chi connectivity index (χ0n) is 18.2. The maximum atomic E-state index is 13.6. The molecule has 0 spiro atoms. The molecule has 1 saturated heterocycles. The van der Waals surface area contributed by atoms with Gasteiger partial charge in [-0.2, -0.15) is 13.2 Å². The molecular weight excluding hydrogens is 393 g/mol. The lowest BCUT2D eigenvalue weighted by Gasteiger charge is -2.42. The van der Waals surface area contributed by atoms with Gasteiger partial charge in [-0.1, -0.05) is 31.0 Å². The molecule has 1 aromatic carbocycles. The number of rotatable bonds is 4. The van der Waals surface area contributed by atoms with Crippen molar-refractivity contribution in [2.45, 2.75) is 89.7 Å². The molecule has 0 N–H and O–H groups in total. The largest absolute Gasteiger partial charge is 0.444 e. The third-order valence-corrected chi connectivity index (χ3v) is 5.99. The molecule has 168 valence electrons. The lowest BCUT2D eigenvalue weighted by Crippen LogP contribution is -2.53.